The molecule has 2 fully saturated rings. The Morgan fingerprint density at radius 1 is 1.32 bits per heavy atom. The molecule has 1 aromatic rings. The molecule has 3 rings (SSSR count). The van der Waals surface area contributed by atoms with Crippen molar-refractivity contribution in [3.05, 3.63) is 32.6 Å². The Morgan fingerprint density at radius 2 is 1.89 bits per heavy atom. The van der Waals surface area contributed by atoms with Crippen molar-refractivity contribution < 1.29 is 9.90 Å². The fourth-order valence-corrected chi connectivity index (χ4v) is 2.76. The van der Waals surface area contributed by atoms with Crippen molar-refractivity contribution in [1.82, 2.24) is 9.55 Å². The standard InChI is InChI=1S/C13H16N2O4/c16-11-10(12(17)18)6-15(13(19)14-11)5-9(7-1-2-7)8-3-4-8/h6-9H,1-5H2,(H,17,18)(H,14,16,19). The number of carboxylic acids is 1. The van der Waals surface area contributed by atoms with Crippen LogP contribution >= 0.6 is 0 Å². The monoisotopic (exact) mass is 264 g/mol. The van der Waals surface area contributed by atoms with Gasteiger partial charge in [-0.2, -0.15) is 0 Å². The van der Waals surface area contributed by atoms with Gasteiger partial charge in [0.2, 0.25) is 0 Å². The molecule has 0 atom stereocenters. The SMILES string of the molecule is O=C(O)c1cn(CC(C2CC2)C2CC2)c(=O)[nH]c1=O. The summed E-state index contributed by atoms with van der Waals surface area (Å²) in [6.07, 6.45) is 5.98. The van der Waals surface area contributed by atoms with Gasteiger partial charge in [-0.1, -0.05) is 0 Å². The van der Waals surface area contributed by atoms with E-state index >= 15 is 0 Å². The Bertz CT molecular complexity index is 610. The van der Waals surface area contributed by atoms with Crippen LogP contribution < -0.4 is 11.2 Å². The van der Waals surface area contributed by atoms with E-state index in [0.717, 1.165) is 0 Å². The number of hydrogen-bond acceptors (Lipinski definition) is 3. The first-order valence-corrected chi connectivity index (χ1v) is 6.63. The fraction of sp³-hybridized carbons (Fsp3) is 0.615. The minimum absolute atomic E-state index is 0.370. The summed E-state index contributed by atoms with van der Waals surface area (Å²) in [4.78, 5) is 36.1. The minimum Gasteiger partial charge on any atom is -0.477 e. The molecule has 0 amide bonds. The molecular weight excluding hydrogens is 248 g/mol. The molecule has 0 aromatic carbocycles. The van der Waals surface area contributed by atoms with Crippen molar-refractivity contribution in [3.8, 4) is 0 Å². The first-order chi connectivity index (χ1) is 9.06. The highest BCUT2D eigenvalue weighted by Gasteiger charge is 2.41. The second kappa shape index (κ2) is 4.36. The van der Waals surface area contributed by atoms with Gasteiger partial charge in [-0.05, 0) is 43.4 Å². The van der Waals surface area contributed by atoms with E-state index in [9.17, 15) is 14.4 Å². The molecule has 0 saturated heterocycles. The molecule has 102 valence electrons. The highest BCUT2D eigenvalue weighted by atomic mass is 16.4. The number of aromatic carboxylic acids is 1. The van der Waals surface area contributed by atoms with Gasteiger partial charge in [0.1, 0.15) is 5.56 Å². The Balaban J connectivity index is 1.91. The normalized spacial score (nSPS) is 18.8. The van der Waals surface area contributed by atoms with Crippen LogP contribution in [0.3, 0.4) is 0 Å². The summed E-state index contributed by atoms with van der Waals surface area (Å²) in [6, 6.07) is 0. The number of H-pyrrole nitrogens is 1. The number of carbonyl (C=O) groups is 1. The molecule has 19 heavy (non-hydrogen) atoms. The smallest absolute Gasteiger partial charge is 0.342 e. The lowest BCUT2D eigenvalue weighted by Crippen LogP contribution is -2.35. The van der Waals surface area contributed by atoms with Gasteiger partial charge in [0.05, 0.1) is 0 Å². The molecule has 2 N–H and O–H groups in total. The maximum absolute atomic E-state index is 11.8. The molecule has 0 aliphatic heterocycles. The van der Waals surface area contributed by atoms with E-state index in [2.05, 4.69) is 4.98 Å². The number of rotatable bonds is 5. The maximum atomic E-state index is 11.8. The summed E-state index contributed by atoms with van der Waals surface area (Å²) in [7, 11) is 0. The van der Waals surface area contributed by atoms with Crippen LogP contribution in [0.4, 0.5) is 0 Å². The zero-order valence-electron chi connectivity index (χ0n) is 10.5. The van der Waals surface area contributed by atoms with Crippen LogP contribution in [0, 0.1) is 17.8 Å². The van der Waals surface area contributed by atoms with Gasteiger partial charge in [-0.25, -0.2) is 9.59 Å². The molecule has 0 unspecified atom stereocenters. The van der Waals surface area contributed by atoms with Crippen LogP contribution in [-0.2, 0) is 6.54 Å². The van der Waals surface area contributed by atoms with Crippen LogP contribution in [0.2, 0.25) is 0 Å². The van der Waals surface area contributed by atoms with Gasteiger partial charge in [0.25, 0.3) is 5.56 Å². The van der Waals surface area contributed by atoms with Crippen LogP contribution in [-0.4, -0.2) is 20.6 Å². The number of carboxylic acid groups (broad SMARTS) is 1. The molecule has 2 saturated carbocycles. The van der Waals surface area contributed by atoms with E-state index < -0.39 is 17.2 Å². The highest BCUT2D eigenvalue weighted by molar-refractivity contribution is 5.86. The lowest BCUT2D eigenvalue weighted by atomic mass is 9.98. The van der Waals surface area contributed by atoms with E-state index in [4.69, 9.17) is 5.11 Å². The first-order valence-electron chi connectivity index (χ1n) is 6.63. The van der Waals surface area contributed by atoms with Crippen LogP contribution in [0.5, 0.6) is 0 Å². The molecular formula is C13H16N2O4. The van der Waals surface area contributed by atoms with Gasteiger partial charge < -0.3 is 5.11 Å². The summed E-state index contributed by atoms with van der Waals surface area (Å²) in [5, 5.41) is 8.92. The molecule has 6 nitrogen and oxygen atoms in total. The lowest BCUT2D eigenvalue weighted by molar-refractivity contribution is 0.0693. The molecule has 0 bridgehead atoms. The van der Waals surface area contributed by atoms with Gasteiger partial charge in [-0.3, -0.25) is 14.3 Å². The average molecular weight is 264 g/mol. The summed E-state index contributed by atoms with van der Waals surface area (Å²) < 4.78 is 1.35. The zero-order chi connectivity index (χ0) is 13.6. The van der Waals surface area contributed by atoms with Gasteiger partial charge in [-0.15, -0.1) is 0 Å². The van der Waals surface area contributed by atoms with E-state index in [1.165, 1.54) is 36.4 Å². The third-order valence-corrected chi connectivity index (χ3v) is 4.10. The number of aromatic amines is 1. The van der Waals surface area contributed by atoms with Crippen molar-refractivity contribution in [1.29, 1.82) is 0 Å². The van der Waals surface area contributed by atoms with Gasteiger partial charge in [0, 0.05) is 12.7 Å². The Morgan fingerprint density at radius 3 is 2.37 bits per heavy atom. The molecule has 0 radical (unpaired) electrons. The van der Waals surface area contributed by atoms with E-state index in [-0.39, 0.29) is 5.56 Å². The average Bonchev–Trinajstić information content (AvgIpc) is 3.21. The number of hydrogen-bond donors (Lipinski definition) is 2. The number of aromatic nitrogens is 2. The Hall–Kier alpha value is -1.85. The molecule has 1 aromatic heterocycles. The van der Waals surface area contributed by atoms with Crippen LogP contribution in [0.25, 0.3) is 0 Å². The lowest BCUT2D eigenvalue weighted by Gasteiger charge is -2.16. The fourth-order valence-electron chi connectivity index (χ4n) is 2.76. The summed E-state index contributed by atoms with van der Waals surface area (Å²) in [5.74, 6) is 0.480. The van der Waals surface area contributed by atoms with Gasteiger partial charge >= 0.3 is 11.7 Å². The number of nitrogens with one attached hydrogen (secondary N) is 1. The molecule has 0 spiro atoms. The van der Waals surface area contributed by atoms with Gasteiger partial charge in [0.15, 0.2) is 0 Å². The van der Waals surface area contributed by atoms with Crippen molar-refractivity contribution >= 4 is 5.97 Å². The molecule has 6 heteroatoms. The van der Waals surface area contributed by atoms with Crippen molar-refractivity contribution in [2.45, 2.75) is 32.2 Å². The quantitative estimate of drug-likeness (QED) is 0.817. The summed E-state index contributed by atoms with van der Waals surface area (Å²) in [5.41, 5.74) is -1.71. The van der Waals surface area contributed by atoms with E-state index in [1.807, 2.05) is 0 Å². The Labute approximate surface area is 109 Å². The molecule has 2 aliphatic rings. The molecule has 2 aliphatic carbocycles. The largest absolute Gasteiger partial charge is 0.477 e. The maximum Gasteiger partial charge on any atom is 0.342 e. The van der Waals surface area contributed by atoms with Crippen molar-refractivity contribution in [3.63, 3.8) is 0 Å². The zero-order valence-corrected chi connectivity index (χ0v) is 10.5. The van der Waals surface area contributed by atoms with Crippen LogP contribution in [0.15, 0.2) is 15.8 Å². The number of nitrogens with zero attached hydrogens (tertiary/aromatic N) is 1. The van der Waals surface area contributed by atoms with Crippen molar-refractivity contribution in [2.75, 3.05) is 0 Å². The highest BCUT2D eigenvalue weighted by Crippen LogP contribution is 2.49. The second-order valence-electron chi connectivity index (χ2n) is 5.60. The first kappa shape index (κ1) is 12.2. The summed E-state index contributed by atoms with van der Waals surface area (Å²) in [6.45, 7) is 0.519. The third kappa shape index (κ3) is 2.47. The predicted octanol–water partition coefficient (Wildman–Crippen LogP) is 0.671. The Kier molecular flexibility index (Phi) is 2.80. The topological polar surface area (TPSA) is 92.2 Å². The van der Waals surface area contributed by atoms with E-state index in [1.54, 1.807) is 0 Å². The van der Waals surface area contributed by atoms with E-state index in [0.29, 0.717) is 24.3 Å². The minimum atomic E-state index is -1.30. The van der Waals surface area contributed by atoms with Crippen LogP contribution in [0.1, 0.15) is 36.0 Å². The summed E-state index contributed by atoms with van der Waals surface area (Å²) >= 11 is 0. The molecule has 1 heterocycles. The van der Waals surface area contributed by atoms with Crippen molar-refractivity contribution in [2.24, 2.45) is 17.8 Å². The predicted molar refractivity (Wildman–Crippen MR) is 67.2 cm³/mol. The second-order valence-corrected chi connectivity index (χ2v) is 5.60. The third-order valence-electron chi connectivity index (χ3n) is 4.10.